The highest BCUT2D eigenvalue weighted by atomic mass is 16.6. The number of benzene rings is 2. The van der Waals surface area contributed by atoms with E-state index in [0.29, 0.717) is 0 Å². The molecule has 1 heterocycles. The summed E-state index contributed by atoms with van der Waals surface area (Å²) in [6.45, 7) is 1.50. The molecule has 3 aromatic rings. The monoisotopic (exact) mass is 394 g/mol. The summed E-state index contributed by atoms with van der Waals surface area (Å²) in [5.74, 6) is -0.805. The number of hydrogen-bond donors (Lipinski definition) is 0. The van der Waals surface area contributed by atoms with Crippen LogP contribution >= 0.6 is 0 Å². The Kier molecular flexibility index (Phi) is 5.26. The average molecular weight is 394 g/mol. The van der Waals surface area contributed by atoms with Gasteiger partial charge in [0.05, 0.1) is 39.5 Å². The zero-order valence-corrected chi connectivity index (χ0v) is 15.4. The number of rotatable bonds is 5. The van der Waals surface area contributed by atoms with Gasteiger partial charge in [0.2, 0.25) is 0 Å². The normalized spacial score (nSPS) is 10.4. The second-order valence-corrected chi connectivity index (χ2v) is 5.90. The molecule has 0 aliphatic carbocycles. The maximum Gasteiger partial charge on any atom is 0.341 e. The van der Waals surface area contributed by atoms with Gasteiger partial charge < -0.3 is 4.74 Å². The number of aromatic nitrogens is 2. The Labute approximate surface area is 164 Å². The van der Waals surface area contributed by atoms with Crippen LogP contribution in [0, 0.1) is 27.2 Å². The summed E-state index contributed by atoms with van der Waals surface area (Å²) in [7, 11) is 1.17. The molecule has 10 heteroatoms. The van der Waals surface area contributed by atoms with E-state index in [9.17, 15) is 25.0 Å². The first kappa shape index (κ1) is 19.5. The van der Waals surface area contributed by atoms with Gasteiger partial charge in [0.25, 0.3) is 11.4 Å². The van der Waals surface area contributed by atoms with Crippen molar-refractivity contribution in [2.45, 2.75) is 6.92 Å². The number of carbonyl (C=O) groups is 1. The first-order valence-corrected chi connectivity index (χ1v) is 8.29. The van der Waals surface area contributed by atoms with E-state index >= 15 is 0 Å². The molecule has 29 heavy (non-hydrogen) atoms. The van der Waals surface area contributed by atoms with E-state index in [0.717, 1.165) is 0 Å². The smallest absolute Gasteiger partial charge is 0.341 e. The Balaban J connectivity index is 2.38. The Morgan fingerprint density at radius 2 is 1.41 bits per heavy atom. The zero-order valence-electron chi connectivity index (χ0n) is 15.4. The Morgan fingerprint density at radius 3 is 1.97 bits per heavy atom. The second kappa shape index (κ2) is 7.80. The molecule has 0 amide bonds. The number of esters is 1. The lowest BCUT2D eigenvalue weighted by Gasteiger charge is -2.12. The largest absolute Gasteiger partial charge is 0.465 e. The number of carbonyl (C=O) groups excluding carboxylic acids is 1. The van der Waals surface area contributed by atoms with Gasteiger partial charge in [0.15, 0.2) is 5.82 Å². The summed E-state index contributed by atoms with van der Waals surface area (Å²) in [5, 5.41) is 22.9. The molecule has 0 fully saturated rings. The summed E-state index contributed by atoms with van der Waals surface area (Å²) < 4.78 is 4.79. The van der Waals surface area contributed by atoms with Gasteiger partial charge in [-0.1, -0.05) is 24.3 Å². The van der Waals surface area contributed by atoms with Gasteiger partial charge in [-0.3, -0.25) is 20.2 Å². The highest BCUT2D eigenvalue weighted by molar-refractivity contribution is 5.98. The number of nitrogens with zero attached hydrogens (tertiary/aromatic N) is 4. The van der Waals surface area contributed by atoms with Crippen molar-refractivity contribution in [2.24, 2.45) is 0 Å². The number of nitro benzene ring substituents is 2. The van der Waals surface area contributed by atoms with Gasteiger partial charge in [-0.05, 0) is 19.1 Å². The lowest BCUT2D eigenvalue weighted by molar-refractivity contribution is -0.384. The summed E-state index contributed by atoms with van der Waals surface area (Å²) in [4.78, 5) is 42.6. The molecule has 1 aromatic heterocycles. The minimum Gasteiger partial charge on any atom is -0.465 e. The molecule has 0 saturated carbocycles. The van der Waals surface area contributed by atoms with E-state index in [2.05, 4.69) is 9.97 Å². The van der Waals surface area contributed by atoms with Gasteiger partial charge in [-0.25, -0.2) is 14.8 Å². The maximum atomic E-state index is 12.4. The van der Waals surface area contributed by atoms with Crippen LogP contribution in [0.15, 0.2) is 48.5 Å². The number of hydrogen-bond acceptors (Lipinski definition) is 8. The molecule has 3 rings (SSSR count). The van der Waals surface area contributed by atoms with Crippen LogP contribution in [0.25, 0.3) is 22.6 Å². The van der Waals surface area contributed by atoms with Gasteiger partial charge in [0.1, 0.15) is 5.56 Å². The second-order valence-electron chi connectivity index (χ2n) is 5.90. The Bertz CT molecular complexity index is 1150. The van der Waals surface area contributed by atoms with E-state index in [1.54, 1.807) is 12.1 Å². The Morgan fingerprint density at radius 1 is 0.897 bits per heavy atom. The summed E-state index contributed by atoms with van der Waals surface area (Å²) in [5.41, 5.74) is -0.224. The fourth-order valence-electron chi connectivity index (χ4n) is 2.89. The number of methoxy groups -OCH3 is 1. The SMILES string of the molecule is COC(=O)c1c(C)nc(-c2ccccc2[N+](=O)[O-])nc1-c1ccccc1[N+](=O)[O-]. The third-order valence-corrected chi connectivity index (χ3v) is 4.18. The molecule has 2 aromatic carbocycles. The van der Waals surface area contributed by atoms with Crippen LogP contribution in [0.1, 0.15) is 16.1 Å². The van der Waals surface area contributed by atoms with Crippen LogP contribution in [-0.4, -0.2) is 32.9 Å². The molecule has 0 radical (unpaired) electrons. The summed E-state index contributed by atoms with van der Waals surface area (Å²) in [6.07, 6.45) is 0. The van der Waals surface area contributed by atoms with Crippen LogP contribution in [0.5, 0.6) is 0 Å². The molecule has 0 unspecified atom stereocenters. The molecule has 0 aliphatic rings. The van der Waals surface area contributed by atoms with Crippen molar-refractivity contribution >= 4 is 17.3 Å². The summed E-state index contributed by atoms with van der Waals surface area (Å²) >= 11 is 0. The van der Waals surface area contributed by atoms with Crippen molar-refractivity contribution in [1.82, 2.24) is 9.97 Å². The first-order chi connectivity index (χ1) is 13.8. The first-order valence-electron chi connectivity index (χ1n) is 8.29. The van der Waals surface area contributed by atoms with Crippen LogP contribution in [0.2, 0.25) is 0 Å². The van der Waals surface area contributed by atoms with E-state index in [-0.39, 0.29) is 45.3 Å². The topological polar surface area (TPSA) is 138 Å². The van der Waals surface area contributed by atoms with Crippen LogP contribution in [0.4, 0.5) is 11.4 Å². The predicted octanol–water partition coefficient (Wildman–Crippen LogP) is 3.72. The van der Waals surface area contributed by atoms with Crippen molar-refractivity contribution in [3.8, 4) is 22.6 Å². The van der Waals surface area contributed by atoms with Crippen LogP contribution in [0.3, 0.4) is 0 Å². The summed E-state index contributed by atoms with van der Waals surface area (Å²) in [6, 6.07) is 11.6. The minimum absolute atomic E-state index is 0.0318. The molecule has 0 bridgehead atoms. The molecule has 0 spiro atoms. The molecule has 0 aliphatic heterocycles. The third kappa shape index (κ3) is 3.63. The predicted molar refractivity (Wildman–Crippen MR) is 102 cm³/mol. The number of para-hydroxylation sites is 2. The van der Waals surface area contributed by atoms with E-state index in [1.807, 2.05) is 0 Å². The van der Waals surface area contributed by atoms with E-state index in [4.69, 9.17) is 4.74 Å². The van der Waals surface area contributed by atoms with Crippen molar-refractivity contribution in [3.05, 3.63) is 80.0 Å². The lowest BCUT2D eigenvalue weighted by Crippen LogP contribution is -2.11. The van der Waals surface area contributed by atoms with Crippen LogP contribution < -0.4 is 0 Å². The van der Waals surface area contributed by atoms with E-state index < -0.39 is 15.8 Å². The van der Waals surface area contributed by atoms with Gasteiger partial charge >= 0.3 is 5.97 Å². The number of ether oxygens (including phenoxy) is 1. The highest BCUT2D eigenvalue weighted by Crippen LogP contribution is 2.35. The fourth-order valence-corrected chi connectivity index (χ4v) is 2.89. The van der Waals surface area contributed by atoms with Gasteiger partial charge in [0, 0.05) is 12.1 Å². The molecule has 10 nitrogen and oxygen atoms in total. The molecular weight excluding hydrogens is 380 g/mol. The van der Waals surface area contributed by atoms with Gasteiger partial charge in [-0.15, -0.1) is 0 Å². The number of nitro groups is 2. The minimum atomic E-state index is -0.773. The maximum absolute atomic E-state index is 12.4. The highest BCUT2D eigenvalue weighted by Gasteiger charge is 2.27. The standard InChI is InChI=1S/C19H14N4O6/c1-11-16(19(24)29-2)17(12-7-3-5-9-14(12)22(25)26)21-18(20-11)13-8-4-6-10-15(13)23(27)28/h3-10H,1-2H3. The van der Waals surface area contributed by atoms with Crippen molar-refractivity contribution < 1.29 is 19.4 Å². The van der Waals surface area contributed by atoms with Crippen molar-refractivity contribution in [2.75, 3.05) is 7.11 Å². The fraction of sp³-hybridized carbons (Fsp3) is 0.105. The molecule has 0 saturated heterocycles. The quantitative estimate of drug-likeness (QED) is 0.362. The van der Waals surface area contributed by atoms with Crippen molar-refractivity contribution in [1.29, 1.82) is 0 Å². The molecule has 0 atom stereocenters. The zero-order chi connectivity index (χ0) is 21.1. The van der Waals surface area contributed by atoms with Gasteiger partial charge in [-0.2, -0.15) is 0 Å². The van der Waals surface area contributed by atoms with Crippen LogP contribution in [-0.2, 0) is 4.74 Å². The number of aryl methyl sites for hydroxylation is 1. The lowest BCUT2D eigenvalue weighted by atomic mass is 10.0. The third-order valence-electron chi connectivity index (χ3n) is 4.18. The molecule has 0 N–H and O–H groups in total. The molecular formula is C19H14N4O6. The van der Waals surface area contributed by atoms with E-state index in [1.165, 1.54) is 50.4 Å². The average Bonchev–Trinajstić information content (AvgIpc) is 2.72. The van der Waals surface area contributed by atoms with Crippen molar-refractivity contribution in [3.63, 3.8) is 0 Å². The molecule has 146 valence electrons. The Hall–Kier alpha value is -4.21.